The Balaban J connectivity index is 2.36. The first-order valence-electron chi connectivity index (χ1n) is 7.14. The third kappa shape index (κ3) is 7.14. The van der Waals surface area contributed by atoms with Gasteiger partial charge in [0.25, 0.3) is 5.91 Å². The highest BCUT2D eigenvalue weighted by Gasteiger charge is 2.13. The van der Waals surface area contributed by atoms with E-state index in [9.17, 15) is 4.79 Å². The van der Waals surface area contributed by atoms with E-state index < -0.39 is 0 Å². The molecular formula is C16H26N2O2. The van der Waals surface area contributed by atoms with E-state index >= 15 is 0 Å². The van der Waals surface area contributed by atoms with Crippen molar-refractivity contribution < 1.29 is 9.53 Å². The number of carbonyl (C=O) groups excluding carboxylic acids is 1. The highest BCUT2D eigenvalue weighted by Crippen LogP contribution is 2.12. The molecule has 1 rings (SSSR count). The van der Waals surface area contributed by atoms with Crippen LogP contribution in [-0.2, 0) is 11.3 Å². The Labute approximate surface area is 121 Å². The van der Waals surface area contributed by atoms with Gasteiger partial charge in [0.05, 0.1) is 0 Å². The zero-order valence-corrected chi connectivity index (χ0v) is 13.0. The maximum absolute atomic E-state index is 11.6. The summed E-state index contributed by atoms with van der Waals surface area (Å²) in [5.74, 6) is 0.611. The molecule has 0 atom stereocenters. The third-order valence-electron chi connectivity index (χ3n) is 2.56. The molecule has 0 heterocycles. The summed E-state index contributed by atoms with van der Waals surface area (Å²) in [6.07, 6.45) is 1.13. The average Bonchev–Trinajstić information content (AvgIpc) is 2.36. The van der Waals surface area contributed by atoms with Gasteiger partial charge in [-0.1, -0.05) is 19.1 Å². The Kier molecular flexibility index (Phi) is 6.52. The van der Waals surface area contributed by atoms with Crippen molar-refractivity contribution in [3.63, 3.8) is 0 Å². The first-order chi connectivity index (χ1) is 9.40. The molecule has 0 spiro atoms. The molecule has 4 heteroatoms. The van der Waals surface area contributed by atoms with E-state index in [1.54, 1.807) is 0 Å². The van der Waals surface area contributed by atoms with Crippen LogP contribution in [0, 0.1) is 0 Å². The minimum absolute atomic E-state index is 0.0463. The number of carbonyl (C=O) groups is 1. The molecule has 0 fully saturated rings. The third-order valence-corrected chi connectivity index (χ3v) is 2.56. The second kappa shape index (κ2) is 7.90. The number of amides is 1. The topological polar surface area (TPSA) is 50.4 Å². The number of hydrogen-bond donors (Lipinski definition) is 2. The van der Waals surface area contributed by atoms with Gasteiger partial charge in [0.2, 0.25) is 0 Å². The van der Waals surface area contributed by atoms with Crippen molar-refractivity contribution in [1.29, 1.82) is 0 Å². The number of nitrogens with one attached hydrogen (secondary N) is 2. The standard InChI is InChI=1S/C16H26N2O2/c1-5-10-17-11-13-6-8-14(9-7-13)20-12-15(19)18-16(2,3)4/h6-9,17H,5,10-12H2,1-4H3,(H,18,19). The normalized spacial score (nSPS) is 11.2. The zero-order valence-electron chi connectivity index (χ0n) is 13.0. The van der Waals surface area contributed by atoms with Crippen molar-refractivity contribution in [2.24, 2.45) is 0 Å². The summed E-state index contributed by atoms with van der Waals surface area (Å²) in [6, 6.07) is 7.82. The van der Waals surface area contributed by atoms with Gasteiger partial charge < -0.3 is 15.4 Å². The van der Waals surface area contributed by atoms with Gasteiger partial charge in [-0.05, 0) is 51.4 Å². The van der Waals surface area contributed by atoms with E-state index in [-0.39, 0.29) is 18.1 Å². The van der Waals surface area contributed by atoms with Crippen LogP contribution >= 0.6 is 0 Å². The second-order valence-electron chi connectivity index (χ2n) is 5.91. The van der Waals surface area contributed by atoms with Gasteiger partial charge in [-0.3, -0.25) is 4.79 Å². The van der Waals surface area contributed by atoms with Crippen LogP contribution in [0.15, 0.2) is 24.3 Å². The molecule has 112 valence electrons. The molecule has 0 aliphatic carbocycles. The molecule has 1 amide bonds. The first kappa shape index (κ1) is 16.5. The van der Waals surface area contributed by atoms with Gasteiger partial charge in [0.1, 0.15) is 5.75 Å². The lowest BCUT2D eigenvalue weighted by molar-refractivity contribution is -0.124. The molecule has 0 aliphatic heterocycles. The van der Waals surface area contributed by atoms with Crippen LogP contribution in [0.3, 0.4) is 0 Å². The van der Waals surface area contributed by atoms with Crippen molar-refractivity contribution in [2.75, 3.05) is 13.2 Å². The lowest BCUT2D eigenvalue weighted by Crippen LogP contribution is -2.43. The largest absolute Gasteiger partial charge is 0.484 e. The number of hydrogen-bond acceptors (Lipinski definition) is 3. The summed E-state index contributed by atoms with van der Waals surface area (Å²) in [7, 11) is 0. The molecule has 4 nitrogen and oxygen atoms in total. The molecule has 0 radical (unpaired) electrons. The van der Waals surface area contributed by atoms with E-state index in [1.807, 2.05) is 45.0 Å². The molecule has 2 N–H and O–H groups in total. The van der Waals surface area contributed by atoms with E-state index in [4.69, 9.17) is 4.74 Å². The van der Waals surface area contributed by atoms with Crippen molar-refractivity contribution in [1.82, 2.24) is 10.6 Å². The fourth-order valence-corrected chi connectivity index (χ4v) is 1.72. The van der Waals surface area contributed by atoms with Gasteiger partial charge in [-0.15, -0.1) is 0 Å². The van der Waals surface area contributed by atoms with Crippen molar-refractivity contribution in [3.05, 3.63) is 29.8 Å². The van der Waals surface area contributed by atoms with Crippen LogP contribution in [-0.4, -0.2) is 24.6 Å². The summed E-state index contributed by atoms with van der Waals surface area (Å²) >= 11 is 0. The maximum atomic E-state index is 11.6. The van der Waals surface area contributed by atoms with E-state index in [2.05, 4.69) is 17.6 Å². The Bertz CT molecular complexity index is 407. The summed E-state index contributed by atoms with van der Waals surface area (Å²) in [6.45, 7) is 9.91. The van der Waals surface area contributed by atoms with Gasteiger partial charge in [-0.2, -0.15) is 0 Å². The van der Waals surface area contributed by atoms with E-state index in [0.717, 1.165) is 19.5 Å². The Hall–Kier alpha value is -1.55. The van der Waals surface area contributed by atoms with Crippen molar-refractivity contribution >= 4 is 5.91 Å². The van der Waals surface area contributed by atoms with Crippen LogP contribution in [0.4, 0.5) is 0 Å². The predicted octanol–water partition coefficient (Wildman–Crippen LogP) is 2.48. The lowest BCUT2D eigenvalue weighted by Gasteiger charge is -2.20. The summed E-state index contributed by atoms with van der Waals surface area (Å²) in [5.41, 5.74) is 0.986. The molecule has 0 aliphatic rings. The lowest BCUT2D eigenvalue weighted by atomic mass is 10.1. The smallest absolute Gasteiger partial charge is 0.258 e. The SMILES string of the molecule is CCCNCc1ccc(OCC(=O)NC(C)(C)C)cc1. The monoisotopic (exact) mass is 278 g/mol. The minimum atomic E-state index is -0.227. The summed E-state index contributed by atoms with van der Waals surface area (Å²) in [4.78, 5) is 11.6. The zero-order chi connectivity index (χ0) is 15.0. The summed E-state index contributed by atoms with van der Waals surface area (Å²) < 4.78 is 5.46. The summed E-state index contributed by atoms with van der Waals surface area (Å²) in [5, 5.41) is 6.20. The molecule has 0 saturated heterocycles. The fourth-order valence-electron chi connectivity index (χ4n) is 1.72. The number of rotatable bonds is 7. The predicted molar refractivity (Wildman–Crippen MR) is 81.8 cm³/mol. The minimum Gasteiger partial charge on any atom is -0.484 e. The molecule has 0 saturated carbocycles. The van der Waals surface area contributed by atoms with Crippen molar-refractivity contribution in [3.8, 4) is 5.75 Å². The van der Waals surface area contributed by atoms with E-state index in [0.29, 0.717) is 5.75 Å². The molecule has 20 heavy (non-hydrogen) atoms. The van der Waals surface area contributed by atoms with Gasteiger partial charge in [0.15, 0.2) is 6.61 Å². The van der Waals surface area contributed by atoms with Crippen LogP contribution < -0.4 is 15.4 Å². The Morgan fingerprint density at radius 3 is 2.40 bits per heavy atom. The molecule has 0 unspecified atom stereocenters. The molecule has 1 aromatic carbocycles. The number of ether oxygens (including phenoxy) is 1. The van der Waals surface area contributed by atoms with Crippen LogP contribution in [0.5, 0.6) is 5.75 Å². The highest BCUT2D eigenvalue weighted by molar-refractivity contribution is 5.78. The molecule has 0 aromatic heterocycles. The average molecular weight is 278 g/mol. The van der Waals surface area contributed by atoms with Gasteiger partial charge >= 0.3 is 0 Å². The molecule has 1 aromatic rings. The first-order valence-corrected chi connectivity index (χ1v) is 7.14. The maximum Gasteiger partial charge on any atom is 0.258 e. The van der Waals surface area contributed by atoms with Gasteiger partial charge in [0, 0.05) is 12.1 Å². The quantitative estimate of drug-likeness (QED) is 0.753. The Morgan fingerprint density at radius 2 is 1.85 bits per heavy atom. The highest BCUT2D eigenvalue weighted by atomic mass is 16.5. The second-order valence-corrected chi connectivity index (χ2v) is 5.91. The van der Waals surface area contributed by atoms with Crippen molar-refractivity contribution in [2.45, 2.75) is 46.2 Å². The fraction of sp³-hybridized carbons (Fsp3) is 0.562. The van der Waals surface area contributed by atoms with Crippen LogP contribution in [0.2, 0.25) is 0 Å². The molecule has 0 bridgehead atoms. The van der Waals surface area contributed by atoms with Crippen LogP contribution in [0.1, 0.15) is 39.7 Å². The molecular weight excluding hydrogens is 252 g/mol. The van der Waals surface area contributed by atoms with Crippen LogP contribution in [0.25, 0.3) is 0 Å². The number of benzene rings is 1. The van der Waals surface area contributed by atoms with Gasteiger partial charge in [-0.25, -0.2) is 0 Å². The van der Waals surface area contributed by atoms with E-state index in [1.165, 1.54) is 5.56 Å². The Morgan fingerprint density at radius 1 is 1.20 bits per heavy atom.